The number of rotatable bonds is 3. The molecule has 2 heterocycles. The van der Waals surface area contributed by atoms with E-state index in [1.807, 2.05) is 11.3 Å². The number of aromatic nitrogens is 1. The highest BCUT2D eigenvalue weighted by Crippen LogP contribution is 2.36. The smallest absolute Gasteiger partial charge is 0.110 e. The van der Waals surface area contributed by atoms with Crippen molar-refractivity contribution in [2.24, 2.45) is 0 Å². The molecule has 2 fully saturated rings. The third-order valence-electron chi connectivity index (χ3n) is 4.37. The Morgan fingerprint density at radius 3 is 2.78 bits per heavy atom. The third-order valence-corrected chi connectivity index (χ3v) is 5.40. The number of hydrogen-bond acceptors (Lipinski definition) is 4. The van der Waals surface area contributed by atoms with Gasteiger partial charge in [0.1, 0.15) is 5.01 Å². The van der Waals surface area contributed by atoms with E-state index in [-0.39, 0.29) is 0 Å². The fourth-order valence-corrected chi connectivity index (χ4v) is 4.12. The zero-order valence-corrected chi connectivity index (χ0v) is 12.0. The van der Waals surface area contributed by atoms with E-state index in [4.69, 9.17) is 4.98 Å². The molecule has 1 aromatic rings. The van der Waals surface area contributed by atoms with Crippen LogP contribution in [0.4, 0.5) is 0 Å². The van der Waals surface area contributed by atoms with Crippen LogP contribution in [0, 0.1) is 0 Å². The molecule has 2 aliphatic rings. The molecule has 1 saturated carbocycles. The van der Waals surface area contributed by atoms with Crippen molar-refractivity contribution in [3.8, 4) is 0 Å². The van der Waals surface area contributed by atoms with Crippen LogP contribution in [-0.4, -0.2) is 36.1 Å². The van der Waals surface area contributed by atoms with Crippen LogP contribution in [0.15, 0.2) is 5.38 Å². The quantitative estimate of drug-likeness (QED) is 0.911. The van der Waals surface area contributed by atoms with Crippen molar-refractivity contribution in [3.05, 3.63) is 16.1 Å². The first kappa shape index (κ1) is 12.6. The van der Waals surface area contributed by atoms with Crippen molar-refractivity contribution < 1.29 is 0 Å². The molecule has 0 aromatic carbocycles. The lowest BCUT2D eigenvalue weighted by atomic mass is 10.1. The van der Waals surface area contributed by atoms with E-state index in [0.717, 1.165) is 32.1 Å². The lowest BCUT2D eigenvalue weighted by Crippen LogP contribution is -2.44. The average Bonchev–Trinajstić information content (AvgIpc) is 3.09. The summed E-state index contributed by atoms with van der Waals surface area (Å²) in [4.78, 5) is 7.47. The Kier molecular flexibility index (Phi) is 3.97. The van der Waals surface area contributed by atoms with Crippen LogP contribution in [0.1, 0.15) is 55.3 Å². The summed E-state index contributed by atoms with van der Waals surface area (Å²) in [5.41, 5.74) is 1.37. The van der Waals surface area contributed by atoms with Crippen LogP contribution < -0.4 is 5.32 Å². The number of hydrogen-bond donors (Lipinski definition) is 1. The van der Waals surface area contributed by atoms with Gasteiger partial charge in [-0.15, -0.1) is 11.3 Å². The van der Waals surface area contributed by atoms with Gasteiger partial charge in [0.25, 0.3) is 0 Å². The molecule has 100 valence electrons. The first-order valence-electron chi connectivity index (χ1n) is 7.24. The Labute approximate surface area is 114 Å². The van der Waals surface area contributed by atoms with Gasteiger partial charge in [-0.3, -0.25) is 4.90 Å². The van der Waals surface area contributed by atoms with Crippen LogP contribution in [0.25, 0.3) is 0 Å². The third kappa shape index (κ3) is 2.60. The molecule has 1 saturated heterocycles. The minimum Gasteiger partial charge on any atom is -0.314 e. The molecule has 3 nitrogen and oxygen atoms in total. The van der Waals surface area contributed by atoms with Crippen LogP contribution in [0.2, 0.25) is 0 Å². The normalized spacial score (nSPS) is 24.5. The standard InChI is InChI=1S/C14H23N3S/c1-11(17-8-6-15-7-9-17)14-16-13(10-18-14)12-4-2-3-5-12/h10-12,15H,2-9H2,1H3. The maximum atomic E-state index is 4.92. The predicted octanol–water partition coefficient (Wildman–Crippen LogP) is 2.77. The summed E-state index contributed by atoms with van der Waals surface area (Å²) in [6.07, 6.45) is 5.49. The van der Waals surface area contributed by atoms with E-state index in [1.54, 1.807) is 0 Å². The van der Waals surface area contributed by atoms with Crippen molar-refractivity contribution in [3.63, 3.8) is 0 Å². The minimum atomic E-state index is 0.493. The summed E-state index contributed by atoms with van der Waals surface area (Å²) < 4.78 is 0. The van der Waals surface area contributed by atoms with E-state index in [0.29, 0.717) is 6.04 Å². The topological polar surface area (TPSA) is 28.2 Å². The number of nitrogens with zero attached hydrogens (tertiary/aromatic N) is 2. The van der Waals surface area contributed by atoms with E-state index in [9.17, 15) is 0 Å². The molecular weight excluding hydrogens is 242 g/mol. The van der Waals surface area contributed by atoms with Crippen molar-refractivity contribution >= 4 is 11.3 Å². The molecule has 0 amide bonds. The second-order valence-electron chi connectivity index (χ2n) is 5.55. The number of nitrogens with one attached hydrogen (secondary N) is 1. The maximum absolute atomic E-state index is 4.92. The highest BCUT2D eigenvalue weighted by molar-refractivity contribution is 7.09. The van der Waals surface area contributed by atoms with Gasteiger partial charge in [-0.1, -0.05) is 12.8 Å². The maximum Gasteiger partial charge on any atom is 0.110 e. The van der Waals surface area contributed by atoms with Gasteiger partial charge in [0, 0.05) is 37.5 Å². The van der Waals surface area contributed by atoms with Gasteiger partial charge in [-0.05, 0) is 19.8 Å². The second kappa shape index (κ2) is 5.68. The molecule has 1 atom stereocenters. The summed E-state index contributed by atoms with van der Waals surface area (Å²) in [7, 11) is 0. The Balaban J connectivity index is 1.67. The average molecular weight is 265 g/mol. The van der Waals surface area contributed by atoms with Gasteiger partial charge in [-0.2, -0.15) is 0 Å². The Morgan fingerprint density at radius 2 is 2.06 bits per heavy atom. The minimum absolute atomic E-state index is 0.493. The van der Waals surface area contributed by atoms with Crippen LogP contribution >= 0.6 is 11.3 Å². The molecule has 3 rings (SSSR count). The molecule has 1 aliphatic carbocycles. The van der Waals surface area contributed by atoms with Crippen molar-refractivity contribution in [1.82, 2.24) is 15.2 Å². The van der Waals surface area contributed by atoms with Gasteiger partial charge in [-0.25, -0.2) is 4.98 Å². The Morgan fingerprint density at radius 1 is 1.33 bits per heavy atom. The molecule has 0 radical (unpaired) electrons. The fourth-order valence-electron chi connectivity index (χ4n) is 3.13. The van der Waals surface area contributed by atoms with E-state index >= 15 is 0 Å². The number of piperazine rings is 1. The predicted molar refractivity (Wildman–Crippen MR) is 76.2 cm³/mol. The molecule has 18 heavy (non-hydrogen) atoms. The van der Waals surface area contributed by atoms with Crippen molar-refractivity contribution in [1.29, 1.82) is 0 Å². The van der Waals surface area contributed by atoms with E-state index in [2.05, 4.69) is 22.5 Å². The molecule has 1 N–H and O–H groups in total. The lowest BCUT2D eigenvalue weighted by Gasteiger charge is -2.31. The lowest BCUT2D eigenvalue weighted by molar-refractivity contribution is 0.185. The van der Waals surface area contributed by atoms with E-state index in [1.165, 1.54) is 36.4 Å². The highest BCUT2D eigenvalue weighted by Gasteiger charge is 2.23. The fraction of sp³-hybridized carbons (Fsp3) is 0.786. The van der Waals surface area contributed by atoms with Crippen LogP contribution in [-0.2, 0) is 0 Å². The van der Waals surface area contributed by atoms with Crippen LogP contribution in [0.3, 0.4) is 0 Å². The molecule has 1 unspecified atom stereocenters. The highest BCUT2D eigenvalue weighted by atomic mass is 32.1. The zero-order valence-electron chi connectivity index (χ0n) is 11.2. The summed E-state index contributed by atoms with van der Waals surface area (Å²) in [5, 5.41) is 7.04. The Hall–Kier alpha value is -0.450. The molecule has 4 heteroatoms. The molecule has 0 spiro atoms. The number of thiazole rings is 1. The van der Waals surface area contributed by atoms with Gasteiger partial charge in [0.2, 0.25) is 0 Å². The first-order chi connectivity index (χ1) is 8.84. The first-order valence-corrected chi connectivity index (χ1v) is 8.12. The van der Waals surface area contributed by atoms with Crippen molar-refractivity contribution in [2.75, 3.05) is 26.2 Å². The SMILES string of the molecule is CC(c1nc(C2CCCC2)cs1)N1CCNCC1. The van der Waals surface area contributed by atoms with Gasteiger partial charge in [0.15, 0.2) is 0 Å². The second-order valence-corrected chi connectivity index (χ2v) is 6.44. The zero-order chi connectivity index (χ0) is 12.4. The van der Waals surface area contributed by atoms with Gasteiger partial charge >= 0.3 is 0 Å². The molecule has 1 aliphatic heterocycles. The monoisotopic (exact) mass is 265 g/mol. The molecular formula is C14H23N3S. The largest absolute Gasteiger partial charge is 0.314 e. The van der Waals surface area contributed by atoms with Crippen LogP contribution in [0.5, 0.6) is 0 Å². The summed E-state index contributed by atoms with van der Waals surface area (Å²) in [6, 6.07) is 0.493. The Bertz CT molecular complexity index is 378. The van der Waals surface area contributed by atoms with Gasteiger partial charge < -0.3 is 5.32 Å². The molecule has 0 bridgehead atoms. The van der Waals surface area contributed by atoms with E-state index < -0.39 is 0 Å². The summed E-state index contributed by atoms with van der Waals surface area (Å²) in [5.74, 6) is 0.755. The summed E-state index contributed by atoms with van der Waals surface area (Å²) >= 11 is 1.86. The molecule has 1 aromatic heterocycles. The van der Waals surface area contributed by atoms with Gasteiger partial charge in [0.05, 0.1) is 11.7 Å². The van der Waals surface area contributed by atoms with Crippen molar-refractivity contribution in [2.45, 2.75) is 44.6 Å². The summed E-state index contributed by atoms with van der Waals surface area (Å²) in [6.45, 7) is 6.85.